The van der Waals surface area contributed by atoms with E-state index >= 15 is 0 Å². The van der Waals surface area contributed by atoms with Crippen LogP contribution in [0.5, 0.6) is 0 Å². The van der Waals surface area contributed by atoms with Crippen molar-refractivity contribution < 1.29 is 0 Å². The number of hydrogen-bond donors (Lipinski definition) is 2. The highest BCUT2D eigenvalue weighted by Gasteiger charge is 2.21. The quantitative estimate of drug-likeness (QED) is 0.440. The van der Waals surface area contributed by atoms with Crippen LogP contribution in [0.15, 0.2) is 17.4 Å². The lowest BCUT2D eigenvalue weighted by Gasteiger charge is -2.05. The summed E-state index contributed by atoms with van der Waals surface area (Å²) in [5, 5.41) is 3.18. The molecule has 94 valence electrons. The molecule has 5 heteroatoms. The summed E-state index contributed by atoms with van der Waals surface area (Å²) in [5.41, 5.74) is 5.74. The van der Waals surface area contributed by atoms with Gasteiger partial charge in [0.1, 0.15) is 5.82 Å². The molecule has 0 unspecified atom stereocenters. The van der Waals surface area contributed by atoms with Crippen LogP contribution in [0.2, 0.25) is 0 Å². The maximum atomic E-state index is 5.74. The molecule has 1 aliphatic rings. The average molecular weight is 235 g/mol. The van der Waals surface area contributed by atoms with Crippen molar-refractivity contribution in [3.63, 3.8) is 0 Å². The molecule has 1 aliphatic carbocycles. The molecule has 1 aromatic heterocycles. The van der Waals surface area contributed by atoms with Crippen LogP contribution in [0, 0.1) is 6.92 Å². The van der Waals surface area contributed by atoms with Crippen LogP contribution in [-0.2, 0) is 6.54 Å². The van der Waals surface area contributed by atoms with Crippen molar-refractivity contribution in [3.8, 4) is 0 Å². The first kappa shape index (κ1) is 12.0. The summed E-state index contributed by atoms with van der Waals surface area (Å²) in [6.07, 6.45) is 8.49. The summed E-state index contributed by atoms with van der Waals surface area (Å²) in [6, 6.07) is 0.590. The van der Waals surface area contributed by atoms with Crippen molar-refractivity contribution in [1.82, 2.24) is 14.9 Å². The van der Waals surface area contributed by atoms with Gasteiger partial charge in [0.2, 0.25) is 0 Å². The minimum atomic E-state index is 0.590. The van der Waals surface area contributed by atoms with E-state index in [1.54, 1.807) is 0 Å². The number of nitrogens with zero attached hydrogens (tertiary/aromatic N) is 3. The van der Waals surface area contributed by atoms with Crippen LogP contribution in [0.25, 0.3) is 0 Å². The van der Waals surface area contributed by atoms with E-state index in [1.165, 1.54) is 12.8 Å². The lowest BCUT2D eigenvalue weighted by atomic mass is 10.3. The van der Waals surface area contributed by atoms with Crippen molar-refractivity contribution in [2.24, 2.45) is 10.7 Å². The van der Waals surface area contributed by atoms with Gasteiger partial charge in [0.15, 0.2) is 5.96 Å². The second-order valence-corrected chi connectivity index (χ2v) is 4.56. The molecule has 1 aromatic rings. The zero-order chi connectivity index (χ0) is 12.1. The Labute approximate surface area is 102 Å². The van der Waals surface area contributed by atoms with Gasteiger partial charge in [-0.15, -0.1) is 0 Å². The first-order valence-electron chi connectivity index (χ1n) is 6.30. The van der Waals surface area contributed by atoms with Crippen molar-refractivity contribution in [2.75, 3.05) is 6.54 Å². The van der Waals surface area contributed by atoms with E-state index in [4.69, 9.17) is 5.73 Å². The first-order chi connectivity index (χ1) is 8.25. The SMILES string of the molecule is Cc1nccn1CCCCN=C(N)NC1CC1. The van der Waals surface area contributed by atoms with Gasteiger partial charge in [-0.1, -0.05) is 0 Å². The van der Waals surface area contributed by atoms with Crippen molar-refractivity contribution in [1.29, 1.82) is 0 Å². The third-order valence-corrected chi connectivity index (χ3v) is 2.94. The third-order valence-electron chi connectivity index (χ3n) is 2.94. The molecule has 0 atom stereocenters. The molecule has 2 rings (SSSR count). The molecule has 0 amide bonds. The molecule has 3 N–H and O–H groups in total. The maximum absolute atomic E-state index is 5.74. The number of aliphatic imine (C=N–C) groups is 1. The lowest BCUT2D eigenvalue weighted by Crippen LogP contribution is -2.33. The summed E-state index contributed by atoms with van der Waals surface area (Å²) in [4.78, 5) is 8.49. The standard InChI is InChI=1S/C12H21N5/c1-10-14-7-9-17(10)8-3-2-6-15-12(13)16-11-4-5-11/h7,9,11H,2-6,8H2,1H3,(H3,13,15,16). The molecular weight excluding hydrogens is 214 g/mol. The average Bonchev–Trinajstić information content (AvgIpc) is 3.01. The molecule has 17 heavy (non-hydrogen) atoms. The Morgan fingerprint density at radius 1 is 1.59 bits per heavy atom. The molecule has 1 saturated carbocycles. The van der Waals surface area contributed by atoms with Gasteiger partial charge in [0.05, 0.1) is 0 Å². The smallest absolute Gasteiger partial charge is 0.188 e. The second kappa shape index (κ2) is 5.70. The summed E-state index contributed by atoms with van der Waals surface area (Å²) >= 11 is 0. The molecule has 0 aliphatic heterocycles. The molecular formula is C12H21N5. The Morgan fingerprint density at radius 3 is 3.06 bits per heavy atom. The summed E-state index contributed by atoms with van der Waals surface area (Å²) in [5.74, 6) is 1.68. The monoisotopic (exact) mass is 235 g/mol. The highest BCUT2D eigenvalue weighted by Crippen LogP contribution is 2.17. The number of imidazole rings is 1. The molecule has 1 heterocycles. The summed E-state index contributed by atoms with van der Waals surface area (Å²) in [6.45, 7) is 3.84. The Bertz CT molecular complexity index is 378. The fourth-order valence-corrected chi connectivity index (χ4v) is 1.72. The highest BCUT2D eigenvalue weighted by molar-refractivity contribution is 5.78. The second-order valence-electron chi connectivity index (χ2n) is 4.56. The molecule has 5 nitrogen and oxygen atoms in total. The third kappa shape index (κ3) is 4.09. The topological polar surface area (TPSA) is 68.2 Å². The van der Waals surface area contributed by atoms with Crippen LogP contribution in [0.3, 0.4) is 0 Å². The zero-order valence-electron chi connectivity index (χ0n) is 10.4. The Kier molecular flexibility index (Phi) is 4.01. The van der Waals surface area contributed by atoms with E-state index in [0.29, 0.717) is 12.0 Å². The molecule has 0 spiro atoms. The maximum Gasteiger partial charge on any atom is 0.188 e. The minimum Gasteiger partial charge on any atom is -0.370 e. The minimum absolute atomic E-state index is 0.590. The normalized spacial score (nSPS) is 16.2. The van der Waals surface area contributed by atoms with Crippen LogP contribution in [-0.4, -0.2) is 28.1 Å². The van der Waals surface area contributed by atoms with Crippen LogP contribution in [0.1, 0.15) is 31.5 Å². The van der Waals surface area contributed by atoms with Gasteiger partial charge < -0.3 is 15.6 Å². The fraction of sp³-hybridized carbons (Fsp3) is 0.667. The molecule has 0 bridgehead atoms. The summed E-state index contributed by atoms with van der Waals surface area (Å²) in [7, 11) is 0. The van der Waals surface area contributed by atoms with Crippen LogP contribution in [0.4, 0.5) is 0 Å². The number of unbranched alkanes of at least 4 members (excludes halogenated alkanes) is 1. The van der Waals surface area contributed by atoms with Gasteiger partial charge in [0.25, 0.3) is 0 Å². The fourth-order valence-electron chi connectivity index (χ4n) is 1.72. The van der Waals surface area contributed by atoms with Crippen molar-refractivity contribution >= 4 is 5.96 Å². The van der Waals surface area contributed by atoms with Crippen LogP contribution < -0.4 is 11.1 Å². The summed E-state index contributed by atoms with van der Waals surface area (Å²) < 4.78 is 2.16. The number of rotatable bonds is 6. The number of nitrogens with one attached hydrogen (secondary N) is 1. The van der Waals surface area contributed by atoms with Gasteiger partial charge in [-0.3, -0.25) is 4.99 Å². The Morgan fingerprint density at radius 2 is 2.41 bits per heavy atom. The van der Waals surface area contributed by atoms with E-state index in [1.807, 2.05) is 19.3 Å². The Balaban J connectivity index is 1.58. The largest absolute Gasteiger partial charge is 0.370 e. The van der Waals surface area contributed by atoms with Gasteiger partial charge in [-0.25, -0.2) is 4.98 Å². The number of nitrogens with two attached hydrogens (primary N) is 1. The van der Waals surface area contributed by atoms with E-state index in [-0.39, 0.29) is 0 Å². The number of guanidine groups is 1. The van der Waals surface area contributed by atoms with Gasteiger partial charge in [-0.05, 0) is 32.6 Å². The number of aromatic nitrogens is 2. The molecule has 0 saturated heterocycles. The number of hydrogen-bond acceptors (Lipinski definition) is 2. The van der Waals surface area contributed by atoms with Gasteiger partial charge in [-0.2, -0.15) is 0 Å². The van der Waals surface area contributed by atoms with E-state index in [2.05, 4.69) is 19.9 Å². The van der Waals surface area contributed by atoms with E-state index < -0.39 is 0 Å². The zero-order valence-corrected chi connectivity index (χ0v) is 10.4. The predicted octanol–water partition coefficient (Wildman–Crippen LogP) is 1.04. The van der Waals surface area contributed by atoms with Crippen molar-refractivity contribution in [2.45, 2.75) is 45.2 Å². The number of aryl methyl sites for hydroxylation is 2. The van der Waals surface area contributed by atoms with Gasteiger partial charge >= 0.3 is 0 Å². The molecule has 0 aromatic carbocycles. The first-order valence-corrected chi connectivity index (χ1v) is 6.30. The van der Waals surface area contributed by atoms with Crippen LogP contribution >= 0.6 is 0 Å². The Hall–Kier alpha value is -1.52. The predicted molar refractivity (Wildman–Crippen MR) is 68.8 cm³/mol. The molecule has 0 radical (unpaired) electrons. The van der Waals surface area contributed by atoms with Crippen molar-refractivity contribution in [3.05, 3.63) is 18.2 Å². The lowest BCUT2D eigenvalue weighted by molar-refractivity contribution is 0.601. The van der Waals surface area contributed by atoms with E-state index in [0.717, 1.165) is 31.8 Å². The molecule has 1 fully saturated rings. The van der Waals surface area contributed by atoms with E-state index in [9.17, 15) is 0 Å². The highest BCUT2D eigenvalue weighted by atomic mass is 15.1. The van der Waals surface area contributed by atoms with Gasteiger partial charge in [0, 0.05) is 31.5 Å².